The molecule has 660 valence electrons. The zero-order valence-electron chi connectivity index (χ0n) is 66.8. The van der Waals surface area contributed by atoms with Crippen molar-refractivity contribution in [3.63, 3.8) is 0 Å². The Morgan fingerprint density at radius 1 is 0.420 bits per heavy atom. The lowest BCUT2D eigenvalue weighted by Crippen LogP contribution is -2.61. The quantitative estimate of drug-likeness (QED) is 0.0643. The van der Waals surface area contributed by atoms with Gasteiger partial charge in [-0.1, -0.05) is 129 Å². The van der Waals surface area contributed by atoms with E-state index in [1.165, 1.54) is 89.9 Å². The third kappa shape index (κ3) is 23.6. The summed E-state index contributed by atoms with van der Waals surface area (Å²) in [5, 5.41) is 10.6. The Labute approximate surface area is 688 Å². The van der Waals surface area contributed by atoms with Crippen molar-refractivity contribution >= 4 is 41.8 Å². The topological polar surface area (TPSA) is 214 Å². The van der Waals surface area contributed by atoms with Crippen LogP contribution in [0.3, 0.4) is 0 Å². The van der Waals surface area contributed by atoms with Gasteiger partial charge in [-0.25, -0.2) is 4.79 Å². The minimum atomic E-state index is -0.687. The van der Waals surface area contributed by atoms with Crippen molar-refractivity contribution in [3.8, 4) is 0 Å². The molecule has 0 amide bonds. The summed E-state index contributed by atoms with van der Waals surface area (Å²) in [6.07, 6.45) is 35.5. The molecule has 0 aromatic rings. The van der Waals surface area contributed by atoms with Crippen LogP contribution in [-0.2, 0) is 71.5 Å². The number of hydrogen-bond acceptors (Lipinski definition) is 16. The molecule has 1 aliphatic heterocycles. The van der Waals surface area contributed by atoms with Crippen molar-refractivity contribution in [1.29, 1.82) is 0 Å². The van der Waals surface area contributed by atoms with E-state index in [1.54, 1.807) is 13.8 Å². The third-order valence-electron chi connectivity index (χ3n) is 30.1. The molecule has 0 aromatic heterocycles. The van der Waals surface area contributed by atoms with Crippen molar-refractivity contribution < 1.29 is 76.6 Å². The maximum Gasteiger partial charge on any atom is 0.347 e. The lowest BCUT2D eigenvalue weighted by molar-refractivity contribution is -0.225. The molecule has 17 saturated carbocycles. The van der Waals surface area contributed by atoms with Crippen LogP contribution in [0.4, 0.5) is 0 Å². The van der Waals surface area contributed by atoms with Gasteiger partial charge in [0.2, 0.25) is 6.10 Å². The standard InChI is InChI=1S/C28H42O5.C18H30O2.C16H26O3.C14H26O2.C10H16O4.10CH4/c1-4-27(2,3)25(29)33-24-21-10-18-11-22(24)14-28(12-18,13-21)26(30)32-15-31-23-19-6-16-5-17(8-19)9-20(23)7-16;1-5-17(3,4)16(19)20-18(6-2)14-8-12-7-13(10-14)11-15(18)9-12;1-4-14(2,3)13(17)19-16-8-11-5-12(9-16)7-15(18,6-11)10-16;1-5-13(3,4)12(15)16-14(6-2)10-8-7-9-11-14;1-4-10(2,3)9(12)14-7-5-6-13-8(7)11;;;;;;;;;;/h16-24H,4-15H2,1-3H3;12-15H,5-11H2,1-4H3;11-12,18H,4-10H2,1-3H3;5-11H2,1-4H3;7H,4-6H2,1-3H3;10*1H4. The Morgan fingerprint density at radius 3 is 1.21 bits per heavy atom. The predicted octanol–water partition coefficient (Wildman–Crippen LogP) is 24.8. The molecule has 16 bridgehead atoms. The summed E-state index contributed by atoms with van der Waals surface area (Å²) >= 11 is 0. The maximum absolute atomic E-state index is 13.4. The van der Waals surface area contributed by atoms with Gasteiger partial charge in [-0.15, -0.1) is 0 Å². The Hall–Kier alpha value is -3.79. The van der Waals surface area contributed by atoms with Crippen LogP contribution in [0.25, 0.3) is 0 Å². The second-order valence-corrected chi connectivity index (χ2v) is 39.5. The highest BCUT2D eigenvalue weighted by atomic mass is 16.7. The Balaban J connectivity index is 0.00000139. The SMILES string of the molecule is C.C.C.C.C.C.C.C.C.C.CCC(C)(C)C(=O)OC1(CC)C2CC3CC(C2)CC1C3.CCC(C)(C)C(=O)OC12CC3CC(CC(O)(C3)C1)C2.CCC(C)(C)C(=O)OC1C2CC3CC1CC(C(=O)OCOC1C4CC5CC(C4)CC1C5)(C3)C2.CCC(C)(C)C(=O)OC1CCOC1=O.CCC1(OC(=O)C(C)(C)CC)CCCCC1. The first kappa shape index (κ1) is 108. The Kier molecular flexibility index (Phi) is 40.8. The van der Waals surface area contributed by atoms with E-state index in [4.69, 9.17) is 37.9 Å². The smallest absolute Gasteiger partial charge is 0.347 e. The molecule has 18 fully saturated rings. The number of rotatable bonds is 21. The first-order valence-corrected chi connectivity index (χ1v) is 41.7. The van der Waals surface area contributed by atoms with E-state index in [-0.39, 0.29) is 156 Å². The van der Waals surface area contributed by atoms with Gasteiger partial charge in [0.1, 0.15) is 22.9 Å². The molecule has 0 radical (unpaired) electrons. The van der Waals surface area contributed by atoms with E-state index in [9.17, 15) is 38.7 Å². The third-order valence-corrected chi connectivity index (χ3v) is 30.1. The van der Waals surface area contributed by atoms with Crippen LogP contribution in [0.1, 0.15) is 410 Å². The largest absolute Gasteiger partial charge is 0.463 e. The van der Waals surface area contributed by atoms with Gasteiger partial charge in [0.25, 0.3) is 0 Å². The minimum absolute atomic E-state index is 0. The molecule has 5 unspecified atom stereocenters. The summed E-state index contributed by atoms with van der Waals surface area (Å²) in [4.78, 5) is 85.8. The van der Waals surface area contributed by atoms with Crippen molar-refractivity contribution in [3.05, 3.63) is 0 Å². The van der Waals surface area contributed by atoms with E-state index >= 15 is 0 Å². The number of cyclic esters (lactones) is 1. The molecule has 5 atom stereocenters. The van der Waals surface area contributed by atoms with Crippen LogP contribution < -0.4 is 0 Å². The van der Waals surface area contributed by atoms with E-state index in [0.717, 1.165) is 133 Å². The number of aliphatic hydroxyl groups is 1. The molecule has 16 nitrogen and oxygen atoms in total. The van der Waals surface area contributed by atoms with Crippen LogP contribution >= 0.6 is 0 Å². The van der Waals surface area contributed by atoms with Crippen LogP contribution in [0.15, 0.2) is 0 Å². The molecule has 16 heteroatoms. The Bertz CT molecular complexity index is 2860. The molecule has 1 N–H and O–H groups in total. The number of esters is 7. The molecule has 1 saturated heterocycles. The van der Waals surface area contributed by atoms with Crippen molar-refractivity contribution in [2.24, 2.45) is 109 Å². The maximum atomic E-state index is 13.4. The zero-order valence-corrected chi connectivity index (χ0v) is 66.8. The molecule has 0 spiro atoms. The number of ether oxygens (including phenoxy) is 8. The molecular weight excluding hydrogens is 1410 g/mol. The molecule has 1 heterocycles. The minimum Gasteiger partial charge on any atom is -0.463 e. The van der Waals surface area contributed by atoms with E-state index in [1.807, 2.05) is 83.1 Å². The average molecular weight is 1590 g/mol. The summed E-state index contributed by atoms with van der Waals surface area (Å²) in [7, 11) is 0. The first-order chi connectivity index (χ1) is 47.9. The van der Waals surface area contributed by atoms with Gasteiger partial charge >= 0.3 is 41.8 Å². The van der Waals surface area contributed by atoms with Gasteiger partial charge < -0.3 is 43.0 Å². The highest BCUT2D eigenvalue weighted by molar-refractivity contribution is 5.83. The summed E-state index contributed by atoms with van der Waals surface area (Å²) in [6, 6.07) is 0. The first-order valence-electron chi connectivity index (χ1n) is 41.7. The zero-order chi connectivity index (χ0) is 74.4. The Morgan fingerprint density at radius 2 is 0.812 bits per heavy atom. The second-order valence-electron chi connectivity index (χ2n) is 39.5. The van der Waals surface area contributed by atoms with Gasteiger partial charge in [-0.2, -0.15) is 0 Å². The average Bonchev–Trinajstić information content (AvgIpc) is 0.848. The van der Waals surface area contributed by atoms with Crippen LogP contribution in [0.5, 0.6) is 0 Å². The molecule has 17 aliphatic carbocycles. The predicted molar refractivity (Wildman–Crippen MR) is 459 cm³/mol. The number of carbonyl (C=O) groups excluding carboxylic acids is 7. The number of carbonyl (C=O) groups is 7. The van der Waals surface area contributed by atoms with Gasteiger partial charge in [-0.3, -0.25) is 28.8 Å². The van der Waals surface area contributed by atoms with Gasteiger partial charge in [-0.05, 0) is 345 Å². The van der Waals surface area contributed by atoms with Gasteiger partial charge in [0.15, 0.2) is 6.79 Å². The molecular formula is C96H180O16. The monoisotopic (exact) mass is 1590 g/mol. The molecule has 18 aliphatic rings. The lowest BCUT2D eigenvalue weighted by atomic mass is 9.48. The summed E-state index contributed by atoms with van der Waals surface area (Å²) in [5.74, 6) is 7.67. The summed E-state index contributed by atoms with van der Waals surface area (Å²) in [5.41, 5.74) is -3.62. The normalized spacial score (nSPS) is 34.7. The molecule has 112 heavy (non-hydrogen) atoms. The van der Waals surface area contributed by atoms with Crippen molar-refractivity contribution in [2.45, 2.75) is 451 Å². The highest BCUT2D eigenvalue weighted by Crippen LogP contribution is 2.64. The summed E-state index contributed by atoms with van der Waals surface area (Å²) < 4.78 is 46.1. The number of hydrogen-bond donors (Lipinski definition) is 1. The van der Waals surface area contributed by atoms with E-state index in [0.29, 0.717) is 85.2 Å². The van der Waals surface area contributed by atoms with Crippen LogP contribution in [-0.4, -0.2) is 101 Å². The van der Waals surface area contributed by atoms with Crippen molar-refractivity contribution in [2.75, 3.05) is 13.4 Å². The fraction of sp³-hybridized carbons (Fsp3) is 0.927. The van der Waals surface area contributed by atoms with E-state index in [2.05, 4.69) is 20.8 Å². The lowest BCUT2D eigenvalue weighted by Gasteiger charge is -2.60. The van der Waals surface area contributed by atoms with Crippen molar-refractivity contribution in [1.82, 2.24) is 0 Å². The fourth-order valence-corrected chi connectivity index (χ4v) is 22.5. The fourth-order valence-electron chi connectivity index (χ4n) is 22.5. The highest BCUT2D eigenvalue weighted by Gasteiger charge is 2.63. The molecule has 18 rings (SSSR count). The molecule has 0 aromatic carbocycles. The second kappa shape index (κ2) is 42.2. The van der Waals surface area contributed by atoms with Crippen LogP contribution in [0.2, 0.25) is 0 Å². The summed E-state index contributed by atoms with van der Waals surface area (Å²) in [6.45, 7) is 34.4. The van der Waals surface area contributed by atoms with Gasteiger partial charge in [0.05, 0.1) is 50.8 Å². The van der Waals surface area contributed by atoms with Crippen LogP contribution in [0, 0.1) is 109 Å². The van der Waals surface area contributed by atoms with E-state index < -0.39 is 33.9 Å². The van der Waals surface area contributed by atoms with Gasteiger partial charge in [0, 0.05) is 12.8 Å².